The minimum Gasteiger partial charge on any atom is -0.318 e. The van der Waals surface area contributed by atoms with Crippen LogP contribution in [0.1, 0.15) is 16.2 Å². The van der Waals surface area contributed by atoms with Gasteiger partial charge >= 0.3 is 0 Å². The van der Waals surface area contributed by atoms with Crippen LogP contribution in [-0.2, 0) is 7.05 Å². The Balaban J connectivity index is 2.26. The molecule has 0 radical (unpaired) electrons. The van der Waals surface area contributed by atoms with Crippen molar-refractivity contribution in [2.45, 2.75) is 6.92 Å². The first-order valence-corrected chi connectivity index (χ1v) is 6.27. The number of carbonyl (C=O) groups is 1. The van der Waals surface area contributed by atoms with Gasteiger partial charge < -0.3 is 5.32 Å². The Labute approximate surface area is 117 Å². The molecule has 0 bridgehead atoms. The first-order chi connectivity index (χ1) is 8.47. The summed E-state index contributed by atoms with van der Waals surface area (Å²) in [6, 6.07) is 3.39. The Kier molecular flexibility index (Phi) is 3.68. The fourth-order valence-corrected chi connectivity index (χ4v) is 2.00. The van der Waals surface area contributed by atoms with E-state index in [1.807, 2.05) is 6.92 Å². The van der Waals surface area contributed by atoms with E-state index in [4.69, 9.17) is 11.6 Å². The first-order valence-electron chi connectivity index (χ1n) is 5.10. The van der Waals surface area contributed by atoms with Crippen LogP contribution in [0.3, 0.4) is 0 Å². The SMILES string of the molecule is Cc1cc(C(=O)Nc2cc(Br)cnc2Cl)n(C)n1. The molecular weight excluding hydrogens is 320 g/mol. The molecule has 94 valence electrons. The standard InChI is InChI=1S/C11H10BrClN4O/c1-6-3-9(17(2)16-6)11(18)15-8-4-7(12)5-14-10(8)13/h3-5H,1-2H3,(H,15,18). The zero-order chi connectivity index (χ0) is 13.3. The van der Waals surface area contributed by atoms with Crippen molar-refractivity contribution in [1.29, 1.82) is 0 Å². The Morgan fingerprint density at radius 3 is 2.83 bits per heavy atom. The van der Waals surface area contributed by atoms with Gasteiger partial charge in [0.05, 0.1) is 11.4 Å². The van der Waals surface area contributed by atoms with Crippen molar-refractivity contribution in [3.05, 3.63) is 39.3 Å². The monoisotopic (exact) mass is 328 g/mol. The van der Waals surface area contributed by atoms with Crippen LogP contribution in [0.5, 0.6) is 0 Å². The smallest absolute Gasteiger partial charge is 0.274 e. The van der Waals surface area contributed by atoms with Gasteiger partial charge in [-0.05, 0) is 35.0 Å². The number of aromatic nitrogens is 3. The van der Waals surface area contributed by atoms with Gasteiger partial charge in [0, 0.05) is 17.7 Å². The second-order valence-corrected chi connectivity index (χ2v) is 5.01. The van der Waals surface area contributed by atoms with Crippen molar-refractivity contribution in [1.82, 2.24) is 14.8 Å². The summed E-state index contributed by atoms with van der Waals surface area (Å²) in [7, 11) is 1.71. The number of anilines is 1. The minimum absolute atomic E-state index is 0.241. The van der Waals surface area contributed by atoms with Gasteiger partial charge in [0.25, 0.3) is 5.91 Å². The fourth-order valence-electron chi connectivity index (χ4n) is 1.52. The van der Waals surface area contributed by atoms with Gasteiger partial charge in [-0.1, -0.05) is 11.6 Å². The number of nitrogens with zero attached hydrogens (tertiary/aromatic N) is 3. The fraction of sp³-hybridized carbons (Fsp3) is 0.182. The second-order valence-electron chi connectivity index (χ2n) is 3.74. The number of hydrogen-bond acceptors (Lipinski definition) is 3. The third-order valence-corrected chi connectivity index (χ3v) is 3.02. The molecule has 0 unspecified atom stereocenters. The molecule has 0 aliphatic carbocycles. The number of carbonyl (C=O) groups excluding carboxylic acids is 1. The van der Waals surface area contributed by atoms with E-state index in [9.17, 15) is 4.79 Å². The van der Waals surface area contributed by atoms with Crippen molar-refractivity contribution >= 4 is 39.1 Å². The lowest BCUT2D eigenvalue weighted by Gasteiger charge is -2.06. The molecular formula is C11H10BrClN4O. The van der Waals surface area contributed by atoms with E-state index < -0.39 is 0 Å². The number of aryl methyl sites for hydroxylation is 2. The van der Waals surface area contributed by atoms with Gasteiger partial charge in [-0.3, -0.25) is 9.48 Å². The molecule has 0 saturated carbocycles. The Morgan fingerprint density at radius 2 is 2.22 bits per heavy atom. The van der Waals surface area contributed by atoms with Crippen molar-refractivity contribution < 1.29 is 4.79 Å². The number of amides is 1. The molecule has 1 N–H and O–H groups in total. The molecule has 0 saturated heterocycles. The van der Waals surface area contributed by atoms with Gasteiger partial charge in [0.2, 0.25) is 0 Å². The molecule has 0 fully saturated rings. The summed E-state index contributed by atoms with van der Waals surface area (Å²) in [5.41, 5.74) is 1.69. The van der Waals surface area contributed by atoms with E-state index >= 15 is 0 Å². The quantitative estimate of drug-likeness (QED) is 0.862. The summed E-state index contributed by atoms with van der Waals surface area (Å²) in [6.07, 6.45) is 1.56. The summed E-state index contributed by atoms with van der Waals surface area (Å²) in [5.74, 6) is -0.278. The van der Waals surface area contributed by atoms with Crippen LogP contribution in [-0.4, -0.2) is 20.7 Å². The van der Waals surface area contributed by atoms with Gasteiger partial charge in [-0.15, -0.1) is 0 Å². The van der Waals surface area contributed by atoms with Crippen LogP contribution in [0.15, 0.2) is 22.8 Å². The predicted octanol–water partition coefficient (Wildman–Crippen LogP) is 2.79. The van der Waals surface area contributed by atoms with E-state index in [0.717, 1.165) is 10.2 Å². The molecule has 7 heteroatoms. The topological polar surface area (TPSA) is 59.8 Å². The van der Waals surface area contributed by atoms with Crippen LogP contribution in [0, 0.1) is 6.92 Å². The number of halogens is 2. The highest BCUT2D eigenvalue weighted by molar-refractivity contribution is 9.10. The Bertz CT molecular complexity index is 611. The number of pyridine rings is 1. The maximum absolute atomic E-state index is 12.0. The van der Waals surface area contributed by atoms with Crippen molar-refractivity contribution in [3.8, 4) is 0 Å². The van der Waals surface area contributed by atoms with Gasteiger partial charge in [-0.2, -0.15) is 5.10 Å². The molecule has 5 nitrogen and oxygen atoms in total. The molecule has 2 heterocycles. The molecule has 2 aromatic heterocycles. The molecule has 0 atom stereocenters. The van der Waals surface area contributed by atoms with Gasteiger partial charge in [0.1, 0.15) is 5.69 Å². The van der Waals surface area contributed by atoms with Crippen LogP contribution >= 0.6 is 27.5 Å². The third kappa shape index (κ3) is 2.70. The summed E-state index contributed by atoms with van der Waals surface area (Å²) in [5, 5.41) is 7.05. The van der Waals surface area contributed by atoms with Crippen LogP contribution < -0.4 is 5.32 Å². The van der Waals surface area contributed by atoms with Crippen molar-refractivity contribution in [2.24, 2.45) is 7.05 Å². The predicted molar refractivity (Wildman–Crippen MR) is 72.8 cm³/mol. The lowest BCUT2D eigenvalue weighted by Crippen LogP contribution is -2.16. The second kappa shape index (κ2) is 5.07. The average Bonchev–Trinajstić information content (AvgIpc) is 2.63. The minimum atomic E-state index is -0.278. The molecule has 2 aromatic rings. The lowest BCUT2D eigenvalue weighted by molar-refractivity contribution is 0.101. The normalized spacial score (nSPS) is 10.4. The van der Waals surface area contributed by atoms with E-state index in [1.54, 1.807) is 25.4 Å². The van der Waals surface area contributed by atoms with Crippen molar-refractivity contribution in [2.75, 3.05) is 5.32 Å². The highest BCUT2D eigenvalue weighted by Crippen LogP contribution is 2.23. The first kappa shape index (κ1) is 13.0. The summed E-state index contributed by atoms with van der Waals surface area (Å²) >= 11 is 9.17. The van der Waals surface area contributed by atoms with E-state index in [1.165, 1.54) is 4.68 Å². The Morgan fingerprint density at radius 1 is 1.50 bits per heavy atom. The Hall–Kier alpha value is -1.40. The molecule has 2 rings (SSSR count). The third-order valence-electron chi connectivity index (χ3n) is 2.29. The zero-order valence-electron chi connectivity index (χ0n) is 9.74. The highest BCUT2D eigenvalue weighted by atomic mass is 79.9. The highest BCUT2D eigenvalue weighted by Gasteiger charge is 2.14. The summed E-state index contributed by atoms with van der Waals surface area (Å²) < 4.78 is 2.26. The van der Waals surface area contributed by atoms with Crippen LogP contribution in [0.2, 0.25) is 5.15 Å². The molecule has 0 spiro atoms. The largest absolute Gasteiger partial charge is 0.318 e. The van der Waals surface area contributed by atoms with Crippen LogP contribution in [0.4, 0.5) is 5.69 Å². The molecule has 1 amide bonds. The van der Waals surface area contributed by atoms with Crippen LogP contribution in [0.25, 0.3) is 0 Å². The number of rotatable bonds is 2. The number of hydrogen-bond donors (Lipinski definition) is 1. The molecule has 18 heavy (non-hydrogen) atoms. The van der Waals surface area contributed by atoms with Crippen molar-refractivity contribution in [3.63, 3.8) is 0 Å². The van der Waals surface area contributed by atoms with E-state index in [-0.39, 0.29) is 11.1 Å². The maximum Gasteiger partial charge on any atom is 0.274 e. The van der Waals surface area contributed by atoms with Gasteiger partial charge in [-0.25, -0.2) is 4.98 Å². The molecule has 0 aliphatic rings. The average molecular weight is 330 g/mol. The molecule has 0 aromatic carbocycles. The maximum atomic E-state index is 12.0. The van der Waals surface area contributed by atoms with E-state index in [2.05, 4.69) is 31.3 Å². The van der Waals surface area contributed by atoms with E-state index in [0.29, 0.717) is 11.4 Å². The zero-order valence-corrected chi connectivity index (χ0v) is 12.1. The summed E-state index contributed by atoms with van der Waals surface area (Å²) in [4.78, 5) is 16.0. The lowest BCUT2D eigenvalue weighted by atomic mass is 10.3. The van der Waals surface area contributed by atoms with Gasteiger partial charge in [0.15, 0.2) is 5.15 Å². The molecule has 0 aliphatic heterocycles. The number of nitrogens with one attached hydrogen (secondary N) is 1. The summed E-state index contributed by atoms with van der Waals surface area (Å²) in [6.45, 7) is 1.82.